The minimum atomic E-state index is 0.105. The Hall–Kier alpha value is -0.860. The number of Topliss-reactive ketones (excluding diaryl/α,β-unsaturated/α-hetero) is 1. The highest BCUT2D eigenvalue weighted by molar-refractivity contribution is 6.31. The number of hydrogen-bond acceptors (Lipinski definition) is 2. The lowest BCUT2D eigenvalue weighted by atomic mass is 10.1. The molecule has 1 aromatic rings. The van der Waals surface area contributed by atoms with Crippen LogP contribution in [0, 0.1) is 0 Å². The van der Waals surface area contributed by atoms with Crippen molar-refractivity contribution < 1.29 is 4.79 Å². The van der Waals surface area contributed by atoms with Gasteiger partial charge in [-0.15, -0.1) is 0 Å². The van der Waals surface area contributed by atoms with Crippen LogP contribution >= 0.6 is 11.6 Å². The number of carbonyl (C=O) groups is 1. The maximum atomic E-state index is 11.8. The number of rotatable bonds is 4. The van der Waals surface area contributed by atoms with Crippen molar-refractivity contribution in [3.63, 3.8) is 0 Å². The predicted octanol–water partition coefficient (Wildman–Crippen LogP) is 2.86. The fourth-order valence-electron chi connectivity index (χ4n) is 1.16. The molecule has 0 aliphatic heterocycles. The van der Waals surface area contributed by atoms with Crippen LogP contribution < -0.4 is 0 Å². The normalized spacial score (nSPS) is 11.1. The van der Waals surface area contributed by atoms with Gasteiger partial charge in [0.05, 0.1) is 6.54 Å². The largest absolute Gasteiger partial charge is 0.296 e. The average Bonchev–Trinajstić information content (AvgIpc) is 2.17. The Morgan fingerprint density at radius 3 is 2.67 bits per heavy atom. The Labute approximate surface area is 95.8 Å². The van der Waals surface area contributed by atoms with Gasteiger partial charge in [0.15, 0.2) is 5.78 Å². The zero-order valence-corrected chi connectivity index (χ0v) is 10.1. The summed E-state index contributed by atoms with van der Waals surface area (Å²) in [7, 11) is 1.94. The van der Waals surface area contributed by atoms with Gasteiger partial charge in [-0.1, -0.05) is 23.7 Å². The Bertz CT molecular complexity index is 349. The summed E-state index contributed by atoms with van der Waals surface area (Å²) in [5, 5.41) is 0.605. The molecule has 1 aromatic carbocycles. The van der Waals surface area contributed by atoms with Gasteiger partial charge >= 0.3 is 0 Å². The van der Waals surface area contributed by atoms with Crippen LogP contribution in [0.25, 0.3) is 0 Å². The minimum absolute atomic E-state index is 0.105. The van der Waals surface area contributed by atoms with E-state index in [0.29, 0.717) is 23.2 Å². The standard InChI is InChI=1S/C12H16ClNO/c1-9(2)14(3)8-12(15)10-5-4-6-11(13)7-10/h4-7,9H,8H2,1-3H3. The van der Waals surface area contributed by atoms with E-state index in [0.717, 1.165) is 0 Å². The first-order valence-electron chi connectivity index (χ1n) is 4.99. The van der Waals surface area contributed by atoms with Gasteiger partial charge in [-0.3, -0.25) is 9.69 Å². The fourth-order valence-corrected chi connectivity index (χ4v) is 1.35. The molecule has 0 fully saturated rings. The zero-order valence-electron chi connectivity index (χ0n) is 9.33. The average molecular weight is 226 g/mol. The molecule has 0 saturated heterocycles. The van der Waals surface area contributed by atoms with E-state index < -0.39 is 0 Å². The SMILES string of the molecule is CC(C)N(C)CC(=O)c1cccc(Cl)c1. The van der Waals surface area contributed by atoms with Crippen LogP contribution in [0.3, 0.4) is 0 Å². The van der Waals surface area contributed by atoms with E-state index in [1.165, 1.54) is 0 Å². The van der Waals surface area contributed by atoms with Gasteiger partial charge in [0.2, 0.25) is 0 Å². The Morgan fingerprint density at radius 2 is 2.13 bits per heavy atom. The van der Waals surface area contributed by atoms with E-state index in [9.17, 15) is 4.79 Å². The predicted molar refractivity (Wildman–Crippen MR) is 63.5 cm³/mol. The number of benzene rings is 1. The Balaban J connectivity index is 2.69. The molecular weight excluding hydrogens is 210 g/mol. The molecule has 0 aliphatic carbocycles. The molecule has 15 heavy (non-hydrogen) atoms. The van der Waals surface area contributed by atoms with Gasteiger partial charge in [-0.05, 0) is 33.0 Å². The van der Waals surface area contributed by atoms with Crippen LogP contribution in [0.5, 0.6) is 0 Å². The van der Waals surface area contributed by atoms with Crippen molar-refractivity contribution in [1.29, 1.82) is 0 Å². The van der Waals surface area contributed by atoms with Crippen LogP contribution in [0.15, 0.2) is 24.3 Å². The molecule has 1 rings (SSSR count). The summed E-state index contributed by atoms with van der Waals surface area (Å²) in [6, 6.07) is 7.43. The van der Waals surface area contributed by atoms with E-state index in [-0.39, 0.29) is 5.78 Å². The van der Waals surface area contributed by atoms with E-state index in [1.807, 2.05) is 11.9 Å². The van der Waals surface area contributed by atoms with Crippen LogP contribution in [0.2, 0.25) is 5.02 Å². The summed E-state index contributed by atoms with van der Waals surface area (Å²) in [6.07, 6.45) is 0. The van der Waals surface area contributed by atoms with E-state index in [1.54, 1.807) is 24.3 Å². The van der Waals surface area contributed by atoms with Crippen molar-refractivity contribution in [2.24, 2.45) is 0 Å². The first kappa shape index (κ1) is 12.2. The monoisotopic (exact) mass is 225 g/mol. The van der Waals surface area contributed by atoms with Crippen LogP contribution in [-0.2, 0) is 0 Å². The second kappa shape index (κ2) is 5.29. The number of likely N-dealkylation sites (N-methyl/N-ethyl adjacent to an activating group) is 1. The second-order valence-corrected chi connectivity index (χ2v) is 4.38. The number of ketones is 1. The molecule has 0 saturated carbocycles. The molecule has 2 nitrogen and oxygen atoms in total. The summed E-state index contributed by atoms with van der Waals surface area (Å²) in [6.45, 7) is 4.55. The minimum Gasteiger partial charge on any atom is -0.296 e. The van der Waals surface area contributed by atoms with E-state index >= 15 is 0 Å². The zero-order chi connectivity index (χ0) is 11.4. The summed E-state index contributed by atoms with van der Waals surface area (Å²) in [5.41, 5.74) is 0.676. The Kier molecular flexibility index (Phi) is 4.30. The highest BCUT2D eigenvalue weighted by Gasteiger charge is 2.11. The lowest BCUT2D eigenvalue weighted by molar-refractivity contribution is 0.0929. The molecule has 0 aliphatic rings. The van der Waals surface area contributed by atoms with Crippen molar-refractivity contribution in [2.75, 3.05) is 13.6 Å². The highest BCUT2D eigenvalue weighted by atomic mass is 35.5. The third-order valence-electron chi connectivity index (χ3n) is 2.42. The quantitative estimate of drug-likeness (QED) is 0.735. The molecule has 0 aromatic heterocycles. The van der Waals surface area contributed by atoms with Crippen molar-refractivity contribution in [2.45, 2.75) is 19.9 Å². The molecule has 3 heteroatoms. The van der Waals surface area contributed by atoms with Gasteiger partial charge in [-0.2, -0.15) is 0 Å². The maximum Gasteiger partial charge on any atom is 0.176 e. The molecule has 0 spiro atoms. The van der Waals surface area contributed by atoms with Crippen molar-refractivity contribution in [1.82, 2.24) is 4.90 Å². The summed E-state index contributed by atoms with van der Waals surface area (Å²) in [4.78, 5) is 13.8. The molecule has 0 radical (unpaired) electrons. The first-order valence-corrected chi connectivity index (χ1v) is 5.37. The van der Waals surface area contributed by atoms with E-state index in [2.05, 4.69) is 13.8 Å². The van der Waals surface area contributed by atoms with Gasteiger partial charge < -0.3 is 0 Å². The highest BCUT2D eigenvalue weighted by Crippen LogP contribution is 2.11. The number of halogens is 1. The number of hydrogen-bond donors (Lipinski definition) is 0. The van der Waals surface area contributed by atoms with Gasteiger partial charge in [0, 0.05) is 16.6 Å². The van der Waals surface area contributed by atoms with E-state index in [4.69, 9.17) is 11.6 Å². The number of nitrogens with zero attached hydrogens (tertiary/aromatic N) is 1. The molecule has 0 atom stereocenters. The lowest BCUT2D eigenvalue weighted by Crippen LogP contribution is -2.31. The van der Waals surface area contributed by atoms with Crippen LogP contribution in [0.4, 0.5) is 0 Å². The summed E-state index contributed by atoms with van der Waals surface area (Å²) >= 11 is 5.82. The van der Waals surface area contributed by atoms with Crippen LogP contribution in [-0.4, -0.2) is 30.3 Å². The lowest BCUT2D eigenvalue weighted by Gasteiger charge is -2.19. The molecule has 0 bridgehead atoms. The molecule has 82 valence electrons. The first-order chi connectivity index (χ1) is 7.00. The third kappa shape index (κ3) is 3.65. The fraction of sp³-hybridized carbons (Fsp3) is 0.417. The molecule has 0 unspecified atom stereocenters. The maximum absolute atomic E-state index is 11.8. The molecule has 0 amide bonds. The van der Waals surface area contributed by atoms with Crippen molar-refractivity contribution in [3.8, 4) is 0 Å². The Morgan fingerprint density at radius 1 is 1.47 bits per heavy atom. The van der Waals surface area contributed by atoms with Gasteiger partial charge in [-0.25, -0.2) is 0 Å². The van der Waals surface area contributed by atoms with Gasteiger partial charge in [0.1, 0.15) is 0 Å². The molecule has 0 heterocycles. The molecule has 0 N–H and O–H groups in total. The topological polar surface area (TPSA) is 20.3 Å². The smallest absolute Gasteiger partial charge is 0.176 e. The summed E-state index contributed by atoms with van der Waals surface area (Å²) < 4.78 is 0. The summed E-state index contributed by atoms with van der Waals surface area (Å²) in [5.74, 6) is 0.105. The van der Waals surface area contributed by atoms with Gasteiger partial charge in [0.25, 0.3) is 0 Å². The second-order valence-electron chi connectivity index (χ2n) is 3.94. The van der Waals surface area contributed by atoms with Crippen molar-refractivity contribution >= 4 is 17.4 Å². The van der Waals surface area contributed by atoms with Crippen molar-refractivity contribution in [3.05, 3.63) is 34.9 Å². The van der Waals surface area contributed by atoms with Crippen LogP contribution in [0.1, 0.15) is 24.2 Å². The molecular formula is C12H16ClNO. The third-order valence-corrected chi connectivity index (χ3v) is 2.66. The number of carbonyl (C=O) groups excluding carboxylic acids is 1.